The molecule has 4 rings (SSSR count). The summed E-state index contributed by atoms with van der Waals surface area (Å²) in [6, 6.07) is 16.8. The van der Waals surface area contributed by atoms with Crippen LogP contribution in [-0.4, -0.2) is 6.03 Å². The van der Waals surface area contributed by atoms with Gasteiger partial charge in [0.05, 0.1) is 11.7 Å². The van der Waals surface area contributed by atoms with Gasteiger partial charge in [0.25, 0.3) is 0 Å². The molecular formula is C21H22N2O. The predicted molar refractivity (Wildman–Crippen MR) is 96.6 cm³/mol. The van der Waals surface area contributed by atoms with Gasteiger partial charge in [-0.1, -0.05) is 62.4 Å². The van der Waals surface area contributed by atoms with Crippen LogP contribution >= 0.6 is 0 Å². The van der Waals surface area contributed by atoms with Gasteiger partial charge in [-0.25, -0.2) is 4.79 Å². The molecule has 0 fully saturated rings. The van der Waals surface area contributed by atoms with Crippen molar-refractivity contribution >= 4 is 11.7 Å². The number of hydrogen-bond acceptors (Lipinski definition) is 1. The van der Waals surface area contributed by atoms with Crippen LogP contribution in [0.3, 0.4) is 0 Å². The van der Waals surface area contributed by atoms with Crippen molar-refractivity contribution in [1.29, 1.82) is 0 Å². The number of fused-ring (bicyclic) bond motifs is 2. The van der Waals surface area contributed by atoms with Gasteiger partial charge in [0.15, 0.2) is 0 Å². The molecule has 0 spiro atoms. The first-order chi connectivity index (χ1) is 11.6. The third-order valence-corrected chi connectivity index (χ3v) is 5.07. The smallest absolute Gasteiger partial charge is 0.319 e. The SMILES string of the molecule is CC(C)c1ccc([C@@H]2NC(=O)NC3=C2CCc2ccccc23)cc1. The van der Waals surface area contributed by atoms with E-state index in [0.717, 1.165) is 29.7 Å². The Bertz CT molecular complexity index is 818. The molecule has 2 N–H and O–H groups in total. The van der Waals surface area contributed by atoms with Crippen molar-refractivity contribution in [2.45, 2.75) is 38.6 Å². The normalized spacial score (nSPS) is 19.5. The Morgan fingerprint density at radius 3 is 2.50 bits per heavy atom. The summed E-state index contributed by atoms with van der Waals surface area (Å²) in [5, 5.41) is 6.14. The molecule has 3 heteroatoms. The molecule has 2 aromatic rings. The average Bonchev–Trinajstić information content (AvgIpc) is 2.61. The van der Waals surface area contributed by atoms with Crippen molar-refractivity contribution in [3.63, 3.8) is 0 Å². The lowest BCUT2D eigenvalue weighted by atomic mass is 9.82. The quantitative estimate of drug-likeness (QED) is 0.839. The van der Waals surface area contributed by atoms with Gasteiger partial charge in [0, 0.05) is 5.56 Å². The summed E-state index contributed by atoms with van der Waals surface area (Å²) < 4.78 is 0. The molecule has 0 bridgehead atoms. The molecule has 3 nitrogen and oxygen atoms in total. The van der Waals surface area contributed by atoms with Crippen molar-refractivity contribution in [2.75, 3.05) is 0 Å². The zero-order chi connectivity index (χ0) is 16.7. The zero-order valence-corrected chi connectivity index (χ0v) is 14.1. The van der Waals surface area contributed by atoms with Crippen molar-refractivity contribution in [2.24, 2.45) is 0 Å². The lowest BCUT2D eigenvalue weighted by Gasteiger charge is -2.34. The van der Waals surface area contributed by atoms with E-state index in [-0.39, 0.29) is 12.1 Å². The lowest BCUT2D eigenvalue weighted by molar-refractivity contribution is 0.240. The molecule has 2 aromatic carbocycles. The maximum Gasteiger partial charge on any atom is 0.319 e. The van der Waals surface area contributed by atoms with Crippen LogP contribution in [0.25, 0.3) is 5.70 Å². The van der Waals surface area contributed by atoms with Crippen LogP contribution in [0.2, 0.25) is 0 Å². The van der Waals surface area contributed by atoms with Gasteiger partial charge in [-0.15, -0.1) is 0 Å². The Morgan fingerprint density at radius 2 is 1.75 bits per heavy atom. The number of hydrogen-bond donors (Lipinski definition) is 2. The predicted octanol–water partition coefficient (Wildman–Crippen LogP) is 4.52. The van der Waals surface area contributed by atoms with Crippen molar-refractivity contribution < 1.29 is 4.79 Å². The molecule has 1 aliphatic heterocycles. The summed E-state index contributed by atoms with van der Waals surface area (Å²) in [4.78, 5) is 12.2. The first-order valence-electron chi connectivity index (χ1n) is 8.62. The molecule has 2 aliphatic rings. The molecule has 0 unspecified atom stereocenters. The molecule has 0 saturated heterocycles. The van der Waals surface area contributed by atoms with Crippen LogP contribution in [0.15, 0.2) is 54.1 Å². The fourth-order valence-electron chi connectivity index (χ4n) is 3.71. The number of rotatable bonds is 2. The van der Waals surface area contributed by atoms with E-state index in [4.69, 9.17) is 0 Å². The number of amides is 2. The van der Waals surface area contributed by atoms with E-state index in [9.17, 15) is 4.79 Å². The van der Waals surface area contributed by atoms with Gasteiger partial charge in [-0.2, -0.15) is 0 Å². The van der Waals surface area contributed by atoms with Crippen LogP contribution in [-0.2, 0) is 6.42 Å². The van der Waals surface area contributed by atoms with E-state index in [1.165, 1.54) is 16.7 Å². The second-order valence-corrected chi connectivity index (χ2v) is 6.91. The zero-order valence-electron chi connectivity index (χ0n) is 14.1. The average molecular weight is 318 g/mol. The number of carbonyl (C=O) groups is 1. The van der Waals surface area contributed by atoms with E-state index >= 15 is 0 Å². The first kappa shape index (κ1) is 15.0. The number of aryl methyl sites for hydroxylation is 1. The molecule has 2 amide bonds. The molecule has 24 heavy (non-hydrogen) atoms. The standard InChI is InChI=1S/C21H22N2O/c1-13(2)14-7-9-16(10-8-14)19-18-12-11-15-5-3-4-6-17(15)20(18)23-21(24)22-19/h3-10,13,19H,11-12H2,1-2H3,(H2,22,23,24)/t19-/m0/s1. The summed E-state index contributed by atoms with van der Waals surface area (Å²) >= 11 is 0. The molecule has 1 heterocycles. The number of nitrogens with one attached hydrogen (secondary N) is 2. The summed E-state index contributed by atoms with van der Waals surface area (Å²) in [5.74, 6) is 0.512. The van der Waals surface area contributed by atoms with E-state index in [0.29, 0.717) is 5.92 Å². The lowest BCUT2D eigenvalue weighted by Crippen LogP contribution is -2.44. The fourth-order valence-corrected chi connectivity index (χ4v) is 3.71. The van der Waals surface area contributed by atoms with Crippen LogP contribution in [0.4, 0.5) is 4.79 Å². The topological polar surface area (TPSA) is 41.1 Å². The van der Waals surface area contributed by atoms with Crippen LogP contribution in [0.1, 0.15) is 54.5 Å². The third-order valence-electron chi connectivity index (χ3n) is 5.07. The minimum Gasteiger partial charge on any atom is -0.327 e. The van der Waals surface area contributed by atoms with Crippen molar-refractivity contribution in [1.82, 2.24) is 10.6 Å². The second kappa shape index (κ2) is 5.82. The maximum atomic E-state index is 12.2. The summed E-state index contributed by atoms with van der Waals surface area (Å²) in [6.07, 6.45) is 1.99. The molecule has 0 aromatic heterocycles. The Hall–Kier alpha value is -2.55. The highest BCUT2D eigenvalue weighted by Crippen LogP contribution is 2.38. The van der Waals surface area contributed by atoms with Gasteiger partial charge >= 0.3 is 6.03 Å². The van der Waals surface area contributed by atoms with E-state index in [1.54, 1.807) is 0 Å². The monoisotopic (exact) mass is 318 g/mol. The van der Waals surface area contributed by atoms with Crippen molar-refractivity contribution in [3.8, 4) is 0 Å². The van der Waals surface area contributed by atoms with E-state index < -0.39 is 0 Å². The highest BCUT2D eigenvalue weighted by molar-refractivity contribution is 5.91. The number of urea groups is 1. The molecule has 0 radical (unpaired) electrons. The second-order valence-electron chi connectivity index (χ2n) is 6.91. The summed E-state index contributed by atoms with van der Waals surface area (Å²) in [7, 11) is 0. The molecule has 1 aliphatic carbocycles. The van der Waals surface area contributed by atoms with Crippen LogP contribution in [0.5, 0.6) is 0 Å². The third kappa shape index (κ3) is 2.50. The Morgan fingerprint density at radius 1 is 1.00 bits per heavy atom. The minimum atomic E-state index is -0.122. The van der Waals surface area contributed by atoms with Gasteiger partial charge in [-0.05, 0) is 41.0 Å². The summed E-state index contributed by atoms with van der Waals surface area (Å²) in [5.41, 5.74) is 7.23. The molecule has 1 atom stereocenters. The van der Waals surface area contributed by atoms with Crippen molar-refractivity contribution in [3.05, 3.63) is 76.4 Å². The first-order valence-corrected chi connectivity index (χ1v) is 8.62. The Balaban J connectivity index is 1.77. The van der Waals surface area contributed by atoms with Gasteiger partial charge in [-0.3, -0.25) is 0 Å². The molecule has 0 saturated carbocycles. The number of carbonyl (C=O) groups excluding carboxylic acids is 1. The van der Waals surface area contributed by atoms with Gasteiger partial charge in [0.2, 0.25) is 0 Å². The fraction of sp³-hybridized carbons (Fsp3) is 0.286. The van der Waals surface area contributed by atoms with E-state index in [2.05, 4.69) is 66.9 Å². The maximum absolute atomic E-state index is 12.2. The van der Waals surface area contributed by atoms with Crippen LogP contribution < -0.4 is 10.6 Å². The highest BCUT2D eigenvalue weighted by Gasteiger charge is 2.31. The molecular weight excluding hydrogens is 296 g/mol. The van der Waals surface area contributed by atoms with Gasteiger partial charge < -0.3 is 10.6 Å². The van der Waals surface area contributed by atoms with Gasteiger partial charge in [0.1, 0.15) is 0 Å². The highest BCUT2D eigenvalue weighted by atomic mass is 16.2. The summed E-state index contributed by atoms with van der Waals surface area (Å²) in [6.45, 7) is 4.39. The Kier molecular flexibility index (Phi) is 3.64. The van der Waals surface area contributed by atoms with Crippen LogP contribution in [0, 0.1) is 0 Å². The number of benzene rings is 2. The minimum absolute atomic E-state index is 0.0386. The largest absolute Gasteiger partial charge is 0.327 e. The van der Waals surface area contributed by atoms with E-state index in [1.807, 2.05) is 6.07 Å². The molecule has 122 valence electrons. The Labute approximate surface area is 142 Å².